The number of nitrogens with two attached hydrogens (primary N) is 1. The van der Waals surface area contributed by atoms with Crippen LogP contribution in [0.1, 0.15) is 16.7 Å². The Bertz CT molecular complexity index is 1320. The van der Waals surface area contributed by atoms with Crippen molar-refractivity contribution in [3.8, 4) is 11.4 Å². The van der Waals surface area contributed by atoms with E-state index in [0.717, 1.165) is 27.7 Å². The molecule has 0 radical (unpaired) electrons. The number of aryl methyl sites for hydroxylation is 1. The van der Waals surface area contributed by atoms with Gasteiger partial charge in [0.15, 0.2) is 0 Å². The number of nitrogens with zero attached hydrogens (tertiary/aromatic N) is 2. The number of amidine groups is 1. The van der Waals surface area contributed by atoms with E-state index in [4.69, 9.17) is 5.73 Å². The van der Waals surface area contributed by atoms with E-state index in [0.29, 0.717) is 29.3 Å². The molecule has 0 fully saturated rings. The summed E-state index contributed by atoms with van der Waals surface area (Å²) in [5.41, 5.74) is 11.0. The molecule has 164 valence electrons. The first-order chi connectivity index (χ1) is 15.5. The third-order valence-electron chi connectivity index (χ3n) is 5.42. The maximum Gasteiger partial charge on any atom is 0.261 e. The van der Waals surface area contributed by atoms with Crippen LogP contribution in [0.2, 0.25) is 0 Å². The van der Waals surface area contributed by atoms with E-state index in [9.17, 15) is 9.90 Å². The fourth-order valence-corrected chi connectivity index (χ4v) is 3.80. The average Bonchev–Trinajstić information content (AvgIpc) is 3.23. The summed E-state index contributed by atoms with van der Waals surface area (Å²) in [5.74, 6) is 0.866. The summed E-state index contributed by atoms with van der Waals surface area (Å²) in [6.07, 6.45) is 2.19. The van der Waals surface area contributed by atoms with Crippen molar-refractivity contribution in [2.24, 2.45) is 10.7 Å². The van der Waals surface area contributed by atoms with Crippen molar-refractivity contribution in [3.63, 3.8) is 0 Å². The van der Waals surface area contributed by atoms with Crippen molar-refractivity contribution in [1.29, 1.82) is 0 Å². The summed E-state index contributed by atoms with van der Waals surface area (Å²) in [6.45, 7) is 1.86. The van der Waals surface area contributed by atoms with E-state index in [1.165, 1.54) is 0 Å². The minimum atomic E-state index is -0.280. The van der Waals surface area contributed by atoms with Gasteiger partial charge in [-0.15, -0.1) is 0 Å². The predicted octanol–water partition coefficient (Wildman–Crippen LogP) is 2.58. The molecule has 4 rings (SSSR count). The molecule has 4 aromatic rings. The van der Waals surface area contributed by atoms with Crippen molar-refractivity contribution >= 4 is 22.6 Å². The van der Waals surface area contributed by atoms with Crippen molar-refractivity contribution in [2.45, 2.75) is 19.4 Å². The first-order valence-electron chi connectivity index (χ1n) is 10.4. The van der Waals surface area contributed by atoms with Gasteiger partial charge in [0.1, 0.15) is 17.2 Å². The highest BCUT2D eigenvalue weighted by molar-refractivity contribution is 6.01. The van der Waals surface area contributed by atoms with Gasteiger partial charge in [0.05, 0.1) is 29.4 Å². The van der Waals surface area contributed by atoms with E-state index in [-0.39, 0.29) is 18.2 Å². The lowest BCUT2D eigenvalue weighted by atomic mass is 10.1. The van der Waals surface area contributed by atoms with Gasteiger partial charge < -0.3 is 26.1 Å². The second-order valence-corrected chi connectivity index (χ2v) is 7.69. The highest BCUT2D eigenvalue weighted by Crippen LogP contribution is 2.27. The molecule has 6 N–H and O–H groups in total. The third kappa shape index (κ3) is 4.26. The van der Waals surface area contributed by atoms with E-state index in [2.05, 4.69) is 25.3 Å². The first-order valence-corrected chi connectivity index (χ1v) is 10.4. The van der Waals surface area contributed by atoms with Crippen LogP contribution in [0.3, 0.4) is 0 Å². The quantitative estimate of drug-likeness (QED) is 0.227. The van der Waals surface area contributed by atoms with Crippen LogP contribution in [0.4, 0.5) is 5.69 Å². The van der Waals surface area contributed by atoms with Gasteiger partial charge in [-0.2, -0.15) is 0 Å². The molecule has 0 aliphatic rings. The molecule has 2 aromatic carbocycles. The lowest BCUT2D eigenvalue weighted by Crippen LogP contribution is -2.28. The second-order valence-electron chi connectivity index (χ2n) is 7.69. The van der Waals surface area contributed by atoms with Crippen LogP contribution < -0.4 is 16.6 Å². The molecular weight excluding hydrogens is 404 g/mol. The van der Waals surface area contributed by atoms with Crippen LogP contribution >= 0.6 is 0 Å². The zero-order valence-corrected chi connectivity index (χ0v) is 18.0. The number of aromatic amines is 2. The summed E-state index contributed by atoms with van der Waals surface area (Å²) in [6, 6.07) is 15.2. The molecule has 0 spiro atoms. The number of nitrogens with one attached hydrogen (secondary N) is 3. The summed E-state index contributed by atoms with van der Waals surface area (Å²) in [5, 5.41) is 13.3. The van der Waals surface area contributed by atoms with Gasteiger partial charge in [-0.1, -0.05) is 30.3 Å². The lowest BCUT2D eigenvalue weighted by Gasteiger charge is -2.19. The summed E-state index contributed by atoms with van der Waals surface area (Å²) in [4.78, 5) is 27.5. The third-order valence-corrected chi connectivity index (χ3v) is 5.42. The van der Waals surface area contributed by atoms with E-state index in [1.807, 2.05) is 49.4 Å². The number of hydrogen-bond donors (Lipinski definition) is 5. The van der Waals surface area contributed by atoms with Crippen LogP contribution in [0.5, 0.6) is 0 Å². The maximum absolute atomic E-state index is 12.8. The van der Waals surface area contributed by atoms with Crippen LogP contribution in [0.25, 0.3) is 22.4 Å². The molecule has 8 nitrogen and oxygen atoms in total. The Hall–Kier alpha value is -3.91. The number of anilines is 1. The second kappa shape index (κ2) is 9.07. The Balaban J connectivity index is 1.74. The van der Waals surface area contributed by atoms with Gasteiger partial charge in [-0.25, -0.2) is 4.98 Å². The van der Waals surface area contributed by atoms with Gasteiger partial charge in [0.25, 0.3) is 5.56 Å². The zero-order chi connectivity index (χ0) is 22.7. The molecule has 0 aliphatic carbocycles. The first kappa shape index (κ1) is 21.3. The molecule has 0 amide bonds. The van der Waals surface area contributed by atoms with Crippen LogP contribution in [-0.2, 0) is 6.42 Å². The summed E-state index contributed by atoms with van der Waals surface area (Å²) < 4.78 is 0. The Kier molecular flexibility index (Phi) is 6.04. The van der Waals surface area contributed by atoms with Crippen molar-refractivity contribution in [2.75, 3.05) is 19.0 Å². The number of aromatic nitrogens is 3. The number of fused-ring (bicyclic) bond motifs is 1. The molecule has 8 heteroatoms. The Morgan fingerprint density at radius 3 is 2.75 bits per heavy atom. The number of aliphatic hydroxyl groups excluding tert-OH is 1. The molecule has 0 saturated heterocycles. The van der Waals surface area contributed by atoms with Gasteiger partial charge in [-0.3, -0.25) is 9.79 Å². The SMILES string of the molecule is CN=C(N)c1cc(C)c2nc(-c3c(NC(CO)Cc4ccccc4)cc[nH]c3=O)[nH]c2c1. The number of pyridine rings is 1. The fraction of sp³-hybridized carbons (Fsp3) is 0.208. The fourth-order valence-electron chi connectivity index (χ4n) is 3.80. The summed E-state index contributed by atoms with van der Waals surface area (Å²) in [7, 11) is 1.64. The number of hydrogen-bond acceptors (Lipinski definition) is 5. The average molecular weight is 431 g/mol. The van der Waals surface area contributed by atoms with Crippen molar-refractivity contribution < 1.29 is 5.11 Å². The van der Waals surface area contributed by atoms with E-state index < -0.39 is 0 Å². The normalized spacial score (nSPS) is 12.8. The Morgan fingerprint density at radius 2 is 2.03 bits per heavy atom. The smallest absolute Gasteiger partial charge is 0.261 e. The van der Waals surface area contributed by atoms with Crippen molar-refractivity contribution in [1.82, 2.24) is 15.0 Å². The lowest BCUT2D eigenvalue weighted by molar-refractivity contribution is 0.274. The molecule has 2 aromatic heterocycles. The molecule has 2 heterocycles. The molecule has 0 aliphatic heterocycles. The molecule has 32 heavy (non-hydrogen) atoms. The van der Waals surface area contributed by atoms with Gasteiger partial charge >= 0.3 is 0 Å². The number of benzene rings is 2. The molecule has 1 atom stereocenters. The minimum absolute atomic E-state index is 0.0840. The minimum Gasteiger partial charge on any atom is -0.394 e. The number of imidazole rings is 1. The number of aliphatic hydroxyl groups is 1. The standard InChI is InChI=1S/C24H26N6O2/c1-14-10-16(22(25)26-2)12-19-21(14)30-23(29-19)20-18(8-9-27-24(20)32)28-17(13-31)11-15-6-4-3-5-7-15/h3-10,12,17,31H,11,13H2,1-2H3,(H2,25,26)(H,29,30)(H2,27,28,32). The number of rotatable bonds is 7. The maximum atomic E-state index is 12.8. The largest absolute Gasteiger partial charge is 0.394 e. The Morgan fingerprint density at radius 1 is 1.25 bits per heavy atom. The molecule has 0 saturated carbocycles. The zero-order valence-electron chi connectivity index (χ0n) is 18.0. The van der Waals surface area contributed by atoms with Crippen LogP contribution in [0, 0.1) is 6.92 Å². The molecule has 1 unspecified atom stereocenters. The molecular formula is C24H26N6O2. The monoisotopic (exact) mass is 430 g/mol. The summed E-state index contributed by atoms with van der Waals surface area (Å²) >= 11 is 0. The van der Waals surface area contributed by atoms with Crippen LogP contribution in [-0.4, -0.2) is 45.6 Å². The number of H-pyrrole nitrogens is 2. The predicted molar refractivity (Wildman–Crippen MR) is 128 cm³/mol. The molecule has 0 bridgehead atoms. The van der Waals surface area contributed by atoms with Gasteiger partial charge in [-0.05, 0) is 42.7 Å². The Labute approximate surface area is 185 Å². The van der Waals surface area contributed by atoms with Crippen molar-refractivity contribution in [3.05, 3.63) is 81.8 Å². The van der Waals surface area contributed by atoms with E-state index >= 15 is 0 Å². The highest BCUT2D eigenvalue weighted by atomic mass is 16.3. The van der Waals surface area contributed by atoms with E-state index in [1.54, 1.807) is 19.3 Å². The number of aliphatic imine (C=N–C) groups is 1. The highest BCUT2D eigenvalue weighted by Gasteiger charge is 2.18. The van der Waals surface area contributed by atoms with Gasteiger partial charge in [0.2, 0.25) is 0 Å². The van der Waals surface area contributed by atoms with Gasteiger partial charge in [0, 0.05) is 18.8 Å². The topological polar surface area (TPSA) is 132 Å². The van der Waals surface area contributed by atoms with Crippen LogP contribution in [0.15, 0.2) is 64.5 Å².